The second-order valence-electron chi connectivity index (χ2n) is 7.88. The number of pyridine rings is 1. The van der Waals surface area contributed by atoms with E-state index in [-0.39, 0.29) is 29.7 Å². The van der Waals surface area contributed by atoms with Crippen molar-refractivity contribution in [3.63, 3.8) is 0 Å². The molecule has 1 unspecified atom stereocenters. The van der Waals surface area contributed by atoms with Crippen LogP contribution in [0.25, 0.3) is 10.9 Å². The largest absolute Gasteiger partial charge is 0.326 e. The fraction of sp³-hybridized carbons (Fsp3) is 0.261. The second-order valence-corrected chi connectivity index (χ2v) is 8.31. The van der Waals surface area contributed by atoms with Gasteiger partial charge in [0, 0.05) is 40.8 Å². The Morgan fingerprint density at radius 2 is 1.87 bits per heavy atom. The maximum atomic E-state index is 12.8. The number of anilines is 2. The van der Waals surface area contributed by atoms with Crippen LogP contribution < -0.4 is 15.8 Å². The molecule has 0 aliphatic carbocycles. The summed E-state index contributed by atoms with van der Waals surface area (Å²) >= 11 is 5.91. The molecule has 2 amide bonds. The first kappa shape index (κ1) is 20.2. The van der Waals surface area contributed by atoms with Crippen molar-refractivity contribution in [1.29, 1.82) is 0 Å². The molecule has 1 aromatic heterocycles. The molecule has 6 nitrogen and oxygen atoms in total. The molecule has 30 heavy (non-hydrogen) atoms. The molecule has 4 rings (SSSR count). The van der Waals surface area contributed by atoms with Gasteiger partial charge < -0.3 is 15.2 Å². The van der Waals surface area contributed by atoms with Gasteiger partial charge in [-0.05, 0) is 47.9 Å². The van der Waals surface area contributed by atoms with Crippen LogP contribution in [0.3, 0.4) is 0 Å². The van der Waals surface area contributed by atoms with Gasteiger partial charge in [-0.2, -0.15) is 0 Å². The number of amides is 2. The summed E-state index contributed by atoms with van der Waals surface area (Å²) in [5, 5.41) is 4.43. The molecule has 154 valence electrons. The lowest BCUT2D eigenvalue weighted by molar-refractivity contribution is -0.122. The van der Waals surface area contributed by atoms with Gasteiger partial charge in [-0.1, -0.05) is 31.5 Å². The van der Waals surface area contributed by atoms with Crippen LogP contribution in [0.5, 0.6) is 0 Å². The summed E-state index contributed by atoms with van der Waals surface area (Å²) in [4.78, 5) is 41.6. The van der Waals surface area contributed by atoms with Gasteiger partial charge in [-0.15, -0.1) is 0 Å². The average molecular weight is 424 g/mol. The van der Waals surface area contributed by atoms with E-state index in [4.69, 9.17) is 11.6 Å². The first-order chi connectivity index (χ1) is 14.3. The molecular weight excluding hydrogens is 402 g/mol. The number of rotatable bonds is 4. The minimum atomic E-state index is -0.454. The normalized spacial score (nSPS) is 16.5. The van der Waals surface area contributed by atoms with Crippen LogP contribution in [0.15, 0.2) is 53.3 Å². The molecule has 1 atom stereocenters. The van der Waals surface area contributed by atoms with Crippen molar-refractivity contribution < 1.29 is 9.59 Å². The zero-order valence-corrected chi connectivity index (χ0v) is 17.5. The van der Waals surface area contributed by atoms with Crippen molar-refractivity contribution in [2.75, 3.05) is 16.8 Å². The van der Waals surface area contributed by atoms with E-state index < -0.39 is 5.92 Å². The Morgan fingerprint density at radius 3 is 2.57 bits per heavy atom. The lowest BCUT2D eigenvalue weighted by Crippen LogP contribution is -2.28. The first-order valence-electron chi connectivity index (χ1n) is 9.85. The van der Waals surface area contributed by atoms with Gasteiger partial charge in [0.25, 0.3) is 0 Å². The molecule has 0 saturated carbocycles. The zero-order valence-electron chi connectivity index (χ0n) is 16.7. The number of fused-ring (bicyclic) bond motifs is 1. The fourth-order valence-corrected chi connectivity index (χ4v) is 3.97. The molecule has 0 radical (unpaired) electrons. The SMILES string of the molecule is CC(C)c1cc(=O)[nH]c2cc(NC(=O)C3CC(=O)N(c4ccc(Cl)cc4)C3)ccc12. The summed E-state index contributed by atoms with van der Waals surface area (Å²) in [6.45, 7) is 4.38. The van der Waals surface area contributed by atoms with E-state index in [1.54, 1.807) is 41.3 Å². The second kappa shape index (κ2) is 7.95. The topological polar surface area (TPSA) is 82.3 Å². The number of nitrogens with one attached hydrogen (secondary N) is 2. The standard InChI is InChI=1S/C23H22ClN3O3/c1-13(2)19-11-21(28)26-20-10-16(5-8-18(19)20)25-23(30)14-9-22(29)27(12-14)17-6-3-15(24)4-7-17/h3-8,10-11,13-14H,9,12H2,1-2H3,(H,25,30)(H,26,28). The van der Waals surface area contributed by atoms with Crippen molar-refractivity contribution in [3.05, 3.63) is 69.5 Å². The highest BCUT2D eigenvalue weighted by molar-refractivity contribution is 6.30. The van der Waals surface area contributed by atoms with Crippen molar-refractivity contribution in [3.8, 4) is 0 Å². The Bertz CT molecular complexity index is 1180. The number of halogens is 1. The number of carbonyl (C=O) groups excluding carboxylic acids is 2. The highest BCUT2D eigenvalue weighted by Gasteiger charge is 2.35. The quantitative estimate of drug-likeness (QED) is 0.656. The van der Waals surface area contributed by atoms with Gasteiger partial charge in [-0.25, -0.2) is 0 Å². The number of carbonyl (C=O) groups is 2. The first-order valence-corrected chi connectivity index (χ1v) is 10.2. The Kier molecular flexibility index (Phi) is 5.35. The molecule has 0 bridgehead atoms. The van der Waals surface area contributed by atoms with Crippen LogP contribution in [0, 0.1) is 5.92 Å². The monoisotopic (exact) mass is 423 g/mol. The molecule has 2 aromatic carbocycles. The van der Waals surface area contributed by atoms with Crippen molar-refractivity contribution in [1.82, 2.24) is 4.98 Å². The van der Waals surface area contributed by atoms with E-state index >= 15 is 0 Å². The minimum absolute atomic E-state index is 0.0955. The van der Waals surface area contributed by atoms with Crippen LogP contribution >= 0.6 is 11.6 Å². The maximum Gasteiger partial charge on any atom is 0.248 e. The van der Waals surface area contributed by atoms with Crippen LogP contribution in [0.1, 0.15) is 31.7 Å². The van der Waals surface area contributed by atoms with Gasteiger partial charge >= 0.3 is 0 Å². The average Bonchev–Trinajstić information content (AvgIpc) is 3.09. The van der Waals surface area contributed by atoms with Gasteiger partial charge in [0.1, 0.15) is 0 Å². The molecule has 1 aliphatic rings. The Balaban J connectivity index is 1.52. The Hall–Kier alpha value is -3.12. The van der Waals surface area contributed by atoms with E-state index in [9.17, 15) is 14.4 Å². The lowest BCUT2D eigenvalue weighted by Gasteiger charge is -2.17. The third-order valence-electron chi connectivity index (χ3n) is 5.40. The summed E-state index contributed by atoms with van der Waals surface area (Å²) in [7, 11) is 0. The molecule has 0 spiro atoms. The number of aromatic nitrogens is 1. The van der Waals surface area contributed by atoms with Crippen LogP contribution in [0.2, 0.25) is 5.02 Å². The zero-order chi connectivity index (χ0) is 21.4. The Morgan fingerprint density at radius 1 is 1.13 bits per heavy atom. The summed E-state index contributed by atoms with van der Waals surface area (Å²) in [6, 6.07) is 14.1. The van der Waals surface area contributed by atoms with Crippen molar-refractivity contribution in [2.45, 2.75) is 26.2 Å². The number of hydrogen-bond acceptors (Lipinski definition) is 3. The van der Waals surface area contributed by atoms with E-state index in [1.807, 2.05) is 26.0 Å². The molecule has 7 heteroatoms. The van der Waals surface area contributed by atoms with Gasteiger partial charge in [0.15, 0.2) is 0 Å². The fourth-order valence-electron chi connectivity index (χ4n) is 3.84. The molecular formula is C23H22ClN3O3. The number of aromatic amines is 1. The molecule has 2 heterocycles. The van der Waals surface area contributed by atoms with Gasteiger partial charge in [0.05, 0.1) is 11.4 Å². The summed E-state index contributed by atoms with van der Waals surface area (Å²) in [6.07, 6.45) is 0.149. The molecule has 1 fully saturated rings. The smallest absolute Gasteiger partial charge is 0.248 e. The van der Waals surface area contributed by atoms with E-state index in [0.717, 1.165) is 16.6 Å². The highest BCUT2D eigenvalue weighted by Crippen LogP contribution is 2.28. The molecule has 1 saturated heterocycles. The minimum Gasteiger partial charge on any atom is -0.326 e. The molecule has 2 N–H and O–H groups in total. The Labute approximate surface area is 178 Å². The van der Waals surface area contributed by atoms with Crippen molar-refractivity contribution in [2.24, 2.45) is 5.92 Å². The predicted molar refractivity (Wildman–Crippen MR) is 119 cm³/mol. The maximum absolute atomic E-state index is 12.8. The van der Waals surface area contributed by atoms with Crippen LogP contribution in [-0.4, -0.2) is 23.3 Å². The third-order valence-corrected chi connectivity index (χ3v) is 5.65. The van der Waals surface area contributed by atoms with E-state index in [1.165, 1.54) is 0 Å². The van der Waals surface area contributed by atoms with Gasteiger partial charge in [-0.3, -0.25) is 14.4 Å². The number of hydrogen-bond donors (Lipinski definition) is 2. The highest BCUT2D eigenvalue weighted by atomic mass is 35.5. The van der Waals surface area contributed by atoms with Gasteiger partial charge in [0.2, 0.25) is 17.4 Å². The van der Waals surface area contributed by atoms with E-state index in [0.29, 0.717) is 22.8 Å². The summed E-state index contributed by atoms with van der Waals surface area (Å²) in [5.41, 5.74) is 2.78. The number of benzene rings is 2. The summed E-state index contributed by atoms with van der Waals surface area (Å²) in [5.74, 6) is -0.563. The lowest BCUT2D eigenvalue weighted by atomic mass is 9.98. The third kappa shape index (κ3) is 3.96. The van der Waals surface area contributed by atoms with Crippen LogP contribution in [0.4, 0.5) is 11.4 Å². The molecule has 3 aromatic rings. The van der Waals surface area contributed by atoms with E-state index in [2.05, 4.69) is 10.3 Å². The summed E-state index contributed by atoms with van der Waals surface area (Å²) < 4.78 is 0. The van der Waals surface area contributed by atoms with Crippen LogP contribution in [-0.2, 0) is 9.59 Å². The molecule has 1 aliphatic heterocycles. The number of H-pyrrole nitrogens is 1. The predicted octanol–water partition coefficient (Wildman–Crippen LogP) is 4.30. The van der Waals surface area contributed by atoms with Crippen molar-refractivity contribution >= 4 is 45.7 Å². The number of nitrogens with zero attached hydrogens (tertiary/aromatic N) is 1.